The standard InChI is InChI=1S/C17H21NO4.C17H23NO3.C12H12O4.C5H11NO/c19-15-3-7-18(8-4-15)17(20)12-21-9-5-13-1-2-16-14(11-13)6-10-22-16;19-16-3-7-18(8-4-16)9-12-20-10-5-14-1-2-17-15(13-14)6-11-21-17;13-12(14)8-15-5-3-9-1-2-11-10(7-9)4-6-16-11;7-5-1-3-6-4-2-5/h1-2,6,10-11,15,19H,3-5,7-9,12H2;1-2,6,11,13,16,19H,3-5,7-10,12H2;1-2,4,6-7H,3,5,8H2,(H,13,14);5-7H,1-4H2. The van der Waals surface area contributed by atoms with E-state index in [-0.39, 0.29) is 37.4 Å². The lowest BCUT2D eigenvalue weighted by Gasteiger charge is -2.29. The number of rotatable bonds is 16. The minimum Gasteiger partial charge on any atom is -0.480 e. The molecular formula is C51H67N3O12. The van der Waals surface area contributed by atoms with Crippen molar-refractivity contribution < 1.29 is 57.5 Å². The van der Waals surface area contributed by atoms with Crippen molar-refractivity contribution in [3.05, 3.63) is 108 Å². The van der Waals surface area contributed by atoms with Gasteiger partial charge in [-0.25, -0.2) is 4.79 Å². The lowest BCUT2D eigenvalue weighted by atomic mass is 10.1. The van der Waals surface area contributed by atoms with E-state index in [1.807, 2.05) is 54.6 Å². The maximum atomic E-state index is 12.0. The number of nitrogens with one attached hydrogen (secondary N) is 1. The van der Waals surface area contributed by atoms with Crippen LogP contribution in [0.4, 0.5) is 0 Å². The van der Waals surface area contributed by atoms with Gasteiger partial charge in [-0.2, -0.15) is 0 Å². The number of aliphatic carboxylic acids is 1. The van der Waals surface area contributed by atoms with E-state index in [1.54, 1.807) is 23.7 Å². The van der Waals surface area contributed by atoms with Crippen LogP contribution in [0.3, 0.4) is 0 Å². The average molecular weight is 914 g/mol. The fourth-order valence-electron chi connectivity index (χ4n) is 7.86. The van der Waals surface area contributed by atoms with Gasteiger partial charge in [0.15, 0.2) is 0 Å². The van der Waals surface area contributed by atoms with Crippen LogP contribution >= 0.6 is 0 Å². The second kappa shape index (κ2) is 27.5. The summed E-state index contributed by atoms with van der Waals surface area (Å²) in [5.41, 5.74) is 6.24. The highest BCUT2D eigenvalue weighted by Crippen LogP contribution is 2.20. The fraction of sp³-hybridized carbons (Fsp3) is 0.490. The molecule has 15 heteroatoms. The van der Waals surface area contributed by atoms with E-state index >= 15 is 0 Å². The molecule has 5 N–H and O–H groups in total. The number of aliphatic hydroxyl groups excluding tert-OH is 3. The Morgan fingerprint density at radius 2 is 0.970 bits per heavy atom. The van der Waals surface area contributed by atoms with Crippen LogP contribution in [0.15, 0.2) is 105 Å². The van der Waals surface area contributed by atoms with Crippen LogP contribution in [0.5, 0.6) is 0 Å². The number of carbonyl (C=O) groups excluding carboxylic acids is 1. The van der Waals surface area contributed by atoms with Crippen LogP contribution in [0.1, 0.15) is 55.2 Å². The highest BCUT2D eigenvalue weighted by atomic mass is 16.5. The van der Waals surface area contributed by atoms with Gasteiger partial charge in [0, 0.05) is 48.9 Å². The first-order chi connectivity index (χ1) is 32.2. The van der Waals surface area contributed by atoms with E-state index in [9.17, 15) is 19.8 Å². The Morgan fingerprint density at radius 1 is 0.545 bits per heavy atom. The van der Waals surface area contributed by atoms with Gasteiger partial charge in [0.05, 0.1) is 63.5 Å². The van der Waals surface area contributed by atoms with Crippen LogP contribution in [-0.4, -0.2) is 146 Å². The Bertz CT molecular complexity index is 2300. The first-order valence-corrected chi connectivity index (χ1v) is 23.3. The summed E-state index contributed by atoms with van der Waals surface area (Å²) >= 11 is 0. The maximum Gasteiger partial charge on any atom is 0.329 e. The zero-order valence-corrected chi connectivity index (χ0v) is 37.9. The van der Waals surface area contributed by atoms with E-state index < -0.39 is 5.97 Å². The summed E-state index contributed by atoms with van der Waals surface area (Å²) in [6.07, 6.45) is 12.0. The Hall–Kier alpha value is -5.10. The van der Waals surface area contributed by atoms with E-state index in [2.05, 4.69) is 28.4 Å². The highest BCUT2D eigenvalue weighted by Gasteiger charge is 2.21. The lowest BCUT2D eigenvalue weighted by Crippen LogP contribution is -2.41. The van der Waals surface area contributed by atoms with Crippen molar-refractivity contribution in [1.29, 1.82) is 0 Å². The van der Waals surface area contributed by atoms with Crippen LogP contribution in [0, 0.1) is 0 Å². The summed E-state index contributed by atoms with van der Waals surface area (Å²) in [4.78, 5) is 26.3. The molecule has 6 aromatic rings. The number of carbonyl (C=O) groups is 2. The monoisotopic (exact) mass is 913 g/mol. The molecule has 66 heavy (non-hydrogen) atoms. The number of nitrogens with zero attached hydrogens (tertiary/aromatic N) is 2. The van der Waals surface area contributed by atoms with Gasteiger partial charge in [-0.3, -0.25) is 4.79 Å². The molecule has 15 nitrogen and oxygen atoms in total. The summed E-state index contributed by atoms with van der Waals surface area (Å²) in [5, 5.41) is 42.6. The van der Waals surface area contributed by atoms with Crippen molar-refractivity contribution in [3.8, 4) is 0 Å². The molecule has 1 amide bonds. The fourth-order valence-corrected chi connectivity index (χ4v) is 7.86. The molecule has 9 rings (SSSR count). The highest BCUT2D eigenvalue weighted by molar-refractivity contribution is 5.79. The Balaban J connectivity index is 0.000000154. The Morgan fingerprint density at radius 3 is 1.41 bits per heavy atom. The van der Waals surface area contributed by atoms with Gasteiger partial charge in [0.2, 0.25) is 5.91 Å². The summed E-state index contributed by atoms with van der Waals surface area (Å²) < 4.78 is 32.1. The first-order valence-electron chi connectivity index (χ1n) is 23.3. The average Bonchev–Trinajstić information content (AvgIpc) is 4.12. The largest absolute Gasteiger partial charge is 0.480 e. The Kier molecular flexibility index (Phi) is 21.0. The smallest absolute Gasteiger partial charge is 0.329 e. The van der Waals surface area contributed by atoms with Crippen molar-refractivity contribution in [1.82, 2.24) is 15.1 Å². The van der Waals surface area contributed by atoms with Gasteiger partial charge in [-0.1, -0.05) is 18.2 Å². The molecule has 6 heterocycles. The molecule has 3 aromatic heterocycles. The molecule has 0 unspecified atom stereocenters. The van der Waals surface area contributed by atoms with Gasteiger partial charge in [0.25, 0.3) is 0 Å². The molecule has 358 valence electrons. The van der Waals surface area contributed by atoms with E-state index in [1.165, 1.54) is 11.1 Å². The van der Waals surface area contributed by atoms with Crippen LogP contribution in [0.2, 0.25) is 0 Å². The molecule has 0 spiro atoms. The van der Waals surface area contributed by atoms with E-state index in [0.29, 0.717) is 45.6 Å². The predicted octanol–water partition coefficient (Wildman–Crippen LogP) is 6.23. The number of fused-ring (bicyclic) bond motifs is 3. The first kappa shape index (κ1) is 50.3. The molecule has 0 saturated carbocycles. The normalized spacial score (nSPS) is 16.3. The van der Waals surface area contributed by atoms with Gasteiger partial charge in [0.1, 0.15) is 30.0 Å². The molecule has 0 aliphatic carbocycles. The molecule has 3 saturated heterocycles. The number of hydrogen-bond acceptors (Lipinski definition) is 13. The van der Waals surface area contributed by atoms with E-state index in [0.717, 1.165) is 123 Å². The lowest BCUT2D eigenvalue weighted by molar-refractivity contribution is -0.142. The molecule has 3 aliphatic heterocycles. The van der Waals surface area contributed by atoms with Crippen molar-refractivity contribution in [2.45, 2.75) is 76.1 Å². The number of carboxylic acids is 1. The number of carboxylic acid groups (broad SMARTS) is 1. The minimum atomic E-state index is -0.940. The number of furan rings is 3. The number of likely N-dealkylation sites (tertiary alicyclic amines) is 2. The third-order valence-corrected chi connectivity index (χ3v) is 11.8. The molecule has 3 fully saturated rings. The van der Waals surface area contributed by atoms with Gasteiger partial charge in [-0.15, -0.1) is 0 Å². The predicted molar refractivity (Wildman–Crippen MR) is 251 cm³/mol. The SMILES string of the molecule is O=C(COCCc1ccc2occc2c1)N1CCC(O)CC1.O=C(O)COCCc1ccc2occc2c1.OC1CCN(CCOCCc2ccc3occc3c2)CC1.OC1CCNCC1. The minimum absolute atomic E-state index is 0.0113. The molecule has 3 aromatic carbocycles. The summed E-state index contributed by atoms with van der Waals surface area (Å²) in [5.74, 6) is -0.928. The summed E-state index contributed by atoms with van der Waals surface area (Å²) in [7, 11) is 0. The summed E-state index contributed by atoms with van der Waals surface area (Å²) in [6.45, 7) is 8.49. The van der Waals surface area contributed by atoms with E-state index in [4.69, 9.17) is 37.7 Å². The Labute approximate surface area is 386 Å². The number of benzene rings is 3. The molecule has 0 atom stereocenters. The zero-order chi connectivity index (χ0) is 46.4. The van der Waals surface area contributed by atoms with Crippen molar-refractivity contribution in [2.24, 2.45) is 0 Å². The van der Waals surface area contributed by atoms with Gasteiger partial charge >= 0.3 is 5.97 Å². The maximum absolute atomic E-state index is 12.0. The molecule has 0 bridgehead atoms. The number of hydrogen-bond donors (Lipinski definition) is 5. The van der Waals surface area contributed by atoms with Gasteiger partial charge in [-0.05, 0) is 142 Å². The number of piperidine rings is 3. The zero-order valence-electron chi connectivity index (χ0n) is 37.9. The molecule has 0 radical (unpaired) electrons. The number of ether oxygens (including phenoxy) is 3. The molecule has 3 aliphatic rings. The third-order valence-electron chi connectivity index (χ3n) is 11.8. The number of amides is 1. The summed E-state index contributed by atoms with van der Waals surface area (Å²) in [6, 6.07) is 24.0. The topological polar surface area (TPSA) is 201 Å². The van der Waals surface area contributed by atoms with Crippen LogP contribution in [0.25, 0.3) is 32.9 Å². The van der Waals surface area contributed by atoms with Crippen molar-refractivity contribution >= 4 is 44.8 Å². The second-order valence-corrected chi connectivity index (χ2v) is 16.9. The van der Waals surface area contributed by atoms with Crippen LogP contribution in [-0.2, 0) is 43.1 Å². The van der Waals surface area contributed by atoms with Crippen molar-refractivity contribution in [2.75, 3.05) is 85.5 Å². The second-order valence-electron chi connectivity index (χ2n) is 16.9. The number of aliphatic hydroxyl groups is 3. The molecular weight excluding hydrogens is 847 g/mol. The van der Waals surface area contributed by atoms with Crippen molar-refractivity contribution in [3.63, 3.8) is 0 Å². The van der Waals surface area contributed by atoms with Gasteiger partial charge < -0.3 is 63.0 Å². The quantitative estimate of drug-likeness (QED) is 0.0685. The third kappa shape index (κ3) is 17.6. The van der Waals surface area contributed by atoms with Crippen LogP contribution < -0.4 is 5.32 Å².